The number of hydrogen-bond donors (Lipinski definition) is 3. The van der Waals surface area contributed by atoms with Crippen LogP contribution < -0.4 is 5.73 Å². The summed E-state index contributed by atoms with van der Waals surface area (Å²) in [5, 5.41) is 20.8. The van der Waals surface area contributed by atoms with Gasteiger partial charge in [-0.25, -0.2) is 9.97 Å². The van der Waals surface area contributed by atoms with Crippen molar-refractivity contribution >= 4 is 46.0 Å². The Bertz CT molecular complexity index is 805. The van der Waals surface area contributed by atoms with Crippen molar-refractivity contribution in [2.45, 2.75) is 31.0 Å². The van der Waals surface area contributed by atoms with Crippen molar-refractivity contribution in [3.63, 3.8) is 0 Å². The predicted octanol–water partition coefficient (Wildman–Crippen LogP) is 1.49. The van der Waals surface area contributed by atoms with E-state index in [0.717, 1.165) is 6.16 Å². The van der Waals surface area contributed by atoms with Gasteiger partial charge < -0.3 is 20.7 Å². The lowest BCUT2D eigenvalue weighted by Crippen LogP contribution is -2.32. The van der Waals surface area contributed by atoms with Crippen LogP contribution in [0.3, 0.4) is 0 Å². The van der Waals surface area contributed by atoms with Crippen LogP contribution in [0.15, 0.2) is 17.0 Å². The van der Waals surface area contributed by atoms with E-state index in [1.807, 2.05) is 0 Å². The molecule has 0 saturated carbocycles. The van der Waals surface area contributed by atoms with Gasteiger partial charge in [0, 0.05) is 6.20 Å². The van der Waals surface area contributed by atoms with Crippen molar-refractivity contribution in [3.8, 4) is 0 Å². The molecule has 3 rings (SSSR count). The molecule has 24 heavy (non-hydrogen) atoms. The van der Waals surface area contributed by atoms with E-state index in [1.165, 1.54) is 0 Å². The highest BCUT2D eigenvalue weighted by Crippen LogP contribution is 2.40. The minimum absolute atomic E-state index is 0.448. The van der Waals surface area contributed by atoms with E-state index >= 15 is 0 Å². The van der Waals surface area contributed by atoms with Crippen LogP contribution in [-0.4, -0.2) is 68.9 Å². The molecule has 3 heterocycles. The fourth-order valence-corrected chi connectivity index (χ4v) is 4.37. The summed E-state index contributed by atoms with van der Waals surface area (Å²) in [4.78, 5) is 8.63. The fourth-order valence-electron chi connectivity index (χ4n) is 2.87. The maximum absolute atomic E-state index is 10.5. The largest absolute Gasteiger partial charge is 0.397 e. The molecular weight excluding hydrogens is 395 g/mol. The minimum Gasteiger partial charge on any atom is -0.397 e. The first-order valence-electron chi connectivity index (χ1n) is 7.66. The Labute approximate surface area is 149 Å². The molecule has 0 spiro atoms. The van der Waals surface area contributed by atoms with Crippen LogP contribution in [0.25, 0.3) is 11.2 Å². The molecule has 132 valence electrons. The molecule has 0 unspecified atom stereocenters. The topological polar surface area (TPSA) is 106 Å². The molecule has 0 radical (unpaired) electrons. The number of pyridine rings is 1. The van der Waals surface area contributed by atoms with Gasteiger partial charge in [-0.1, -0.05) is 0 Å². The number of nitrogens with two attached hydrogens (primary N) is 1. The molecule has 0 aromatic carbocycles. The highest BCUT2D eigenvalue weighted by atomic mass is 79.9. The molecule has 1 aliphatic rings. The van der Waals surface area contributed by atoms with Gasteiger partial charge >= 0.3 is 0 Å². The van der Waals surface area contributed by atoms with Crippen LogP contribution in [0.2, 0.25) is 0 Å². The van der Waals surface area contributed by atoms with Crippen LogP contribution in [0, 0.1) is 0 Å². The third kappa shape index (κ3) is 3.26. The SMILES string of the molecule is C=P(C)(C)CC[C@H]1O[C@@H](n2c(Br)nc3c(N)ccnc32)[C@H](O)[C@@H]1O. The first kappa shape index (κ1) is 17.9. The molecule has 1 fully saturated rings. The number of rotatable bonds is 4. The number of imidazole rings is 1. The lowest BCUT2D eigenvalue weighted by atomic mass is 10.1. The van der Waals surface area contributed by atoms with Gasteiger partial charge in [-0.2, -0.15) is 0 Å². The Morgan fingerprint density at radius 2 is 2.12 bits per heavy atom. The average Bonchev–Trinajstić information content (AvgIpc) is 2.96. The molecular formula is C15H22BrN4O3P. The number of hydrogen-bond acceptors (Lipinski definition) is 6. The molecule has 1 saturated heterocycles. The highest BCUT2D eigenvalue weighted by molar-refractivity contribution is 9.10. The van der Waals surface area contributed by atoms with E-state index in [2.05, 4.69) is 45.5 Å². The van der Waals surface area contributed by atoms with Gasteiger partial charge in [0.15, 0.2) is 16.6 Å². The Hall–Kier alpha value is -0.920. The number of aliphatic hydroxyl groups excluding tert-OH is 2. The summed E-state index contributed by atoms with van der Waals surface area (Å²) in [7, 11) is 0. The Balaban J connectivity index is 1.92. The first-order chi connectivity index (χ1) is 11.2. The van der Waals surface area contributed by atoms with Crippen molar-refractivity contribution in [2.75, 3.05) is 25.2 Å². The molecule has 9 heteroatoms. The van der Waals surface area contributed by atoms with E-state index in [9.17, 15) is 10.2 Å². The quantitative estimate of drug-likeness (QED) is 0.651. The number of aromatic nitrogens is 3. The summed E-state index contributed by atoms with van der Waals surface area (Å²) in [5.74, 6) is 0. The van der Waals surface area contributed by atoms with E-state index in [-0.39, 0.29) is 0 Å². The minimum atomic E-state index is -1.23. The third-order valence-electron chi connectivity index (χ3n) is 4.18. The monoisotopic (exact) mass is 416 g/mol. The lowest BCUT2D eigenvalue weighted by molar-refractivity contribution is -0.0365. The summed E-state index contributed by atoms with van der Waals surface area (Å²) < 4.78 is 8.03. The van der Waals surface area contributed by atoms with E-state index < -0.39 is 31.4 Å². The fraction of sp³-hybridized carbons (Fsp3) is 0.533. The number of anilines is 1. The van der Waals surface area contributed by atoms with Crippen molar-refractivity contribution in [1.29, 1.82) is 0 Å². The normalized spacial score (nSPS) is 27.9. The zero-order chi connectivity index (χ0) is 17.6. The third-order valence-corrected chi connectivity index (χ3v) is 6.21. The van der Waals surface area contributed by atoms with Crippen LogP contribution >= 0.6 is 22.8 Å². The first-order valence-corrected chi connectivity index (χ1v) is 11.5. The summed E-state index contributed by atoms with van der Waals surface area (Å²) in [6.07, 6.45) is 4.02. The second-order valence-corrected chi connectivity index (χ2v) is 11.8. The molecule has 4 N–H and O–H groups in total. The summed E-state index contributed by atoms with van der Waals surface area (Å²) in [5.41, 5.74) is 7.46. The molecule has 2 aromatic rings. The number of halogens is 1. The van der Waals surface area contributed by atoms with Gasteiger partial charge in [0.2, 0.25) is 0 Å². The maximum Gasteiger partial charge on any atom is 0.181 e. The Kier molecular flexibility index (Phi) is 4.79. The van der Waals surface area contributed by atoms with Gasteiger partial charge in [0.25, 0.3) is 0 Å². The Morgan fingerprint density at radius 3 is 2.79 bits per heavy atom. The second-order valence-electron chi connectivity index (χ2n) is 6.82. The second kappa shape index (κ2) is 6.42. The van der Waals surface area contributed by atoms with Crippen LogP contribution in [0.4, 0.5) is 5.69 Å². The summed E-state index contributed by atoms with van der Waals surface area (Å²) >= 11 is 3.37. The number of nitrogen functional groups attached to an aromatic ring is 1. The number of ether oxygens (including phenoxy) is 1. The van der Waals surface area contributed by atoms with Crippen LogP contribution in [0.1, 0.15) is 12.6 Å². The highest BCUT2D eigenvalue weighted by Gasteiger charge is 2.44. The molecule has 4 atom stereocenters. The number of nitrogens with zero attached hydrogens (tertiary/aromatic N) is 3. The number of aliphatic hydroxyl groups is 2. The van der Waals surface area contributed by atoms with Gasteiger partial charge in [-0.05, 0) is 47.9 Å². The van der Waals surface area contributed by atoms with Crippen LogP contribution in [0.5, 0.6) is 0 Å². The van der Waals surface area contributed by atoms with E-state index in [1.54, 1.807) is 16.8 Å². The summed E-state index contributed by atoms with van der Waals surface area (Å²) in [6.45, 7) is 3.04. The van der Waals surface area contributed by atoms with Crippen molar-refractivity contribution < 1.29 is 14.9 Å². The van der Waals surface area contributed by atoms with Crippen molar-refractivity contribution in [1.82, 2.24) is 14.5 Å². The zero-order valence-corrected chi connectivity index (χ0v) is 16.1. The van der Waals surface area contributed by atoms with E-state index in [0.29, 0.717) is 28.0 Å². The lowest BCUT2D eigenvalue weighted by Gasteiger charge is -2.19. The van der Waals surface area contributed by atoms with Gasteiger partial charge in [-0.3, -0.25) is 4.57 Å². The smallest absolute Gasteiger partial charge is 0.181 e. The zero-order valence-electron chi connectivity index (χ0n) is 13.6. The average molecular weight is 417 g/mol. The molecule has 0 aliphatic carbocycles. The Morgan fingerprint density at radius 1 is 1.42 bits per heavy atom. The molecule has 2 aromatic heterocycles. The number of fused-ring (bicyclic) bond motifs is 1. The van der Waals surface area contributed by atoms with Gasteiger partial charge in [-0.15, -0.1) is 13.2 Å². The van der Waals surface area contributed by atoms with E-state index in [4.69, 9.17) is 10.5 Å². The standard InChI is InChI=1S/C15H22BrN4O3P/c1-24(2,3)7-5-9-11(21)12(22)14(23-9)20-13-10(19-15(20)16)8(17)4-6-18-13/h4,6,9,11-12,14,21-22H,1,5,7H2,2-3H3,(H2,17,18)/t9-,11-,12-,14-/m1/s1. The van der Waals surface area contributed by atoms with Crippen LogP contribution in [-0.2, 0) is 4.74 Å². The summed E-state index contributed by atoms with van der Waals surface area (Å²) in [6, 6.07) is 1.66. The van der Waals surface area contributed by atoms with Gasteiger partial charge in [0.05, 0.1) is 11.8 Å². The predicted molar refractivity (Wildman–Crippen MR) is 101 cm³/mol. The molecule has 0 amide bonds. The maximum atomic E-state index is 10.5. The molecule has 7 nitrogen and oxygen atoms in total. The molecule has 0 bridgehead atoms. The van der Waals surface area contributed by atoms with Crippen molar-refractivity contribution in [3.05, 3.63) is 17.0 Å². The van der Waals surface area contributed by atoms with Crippen molar-refractivity contribution in [2.24, 2.45) is 0 Å². The van der Waals surface area contributed by atoms with Gasteiger partial charge in [0.1, 0.15) is 17.7 Å². The molecule has 1 aliphatic heterocycles.